The Morgan fingerprint density at radius 1 is 1.57 bits per heavy atom. The Hall–Kier alpha value is -1.63. The maximum absolute atomic E-state index is 10.9. The Balaban J connectivity index is 4.90. The van der Waals surface area contributed by atoms with Crippen LogP contribution in [0.15, 0.2) is 12.2 Å². The van der Waals surface area contributed by atoms with E-state index >= 15 is 0 Å². The standard InChI is InChI=1S/C10H13NO3/c1-4-5-6-10(11-3,9(13)14)7-8(2)12/h4-5H,6-7H2,1-2H3,(H,13,14)/t10-/m1/s1. The van der Waals surface area contributed by atoms with E-state index in [9.17, 15) is 9.59 Å². The number of carbonyl (C=O) groups excluding carboxylic acids is 1. The molecule has 0 aromatic heterocycles. The van der Waals surface area contributed by atoms with Crippen molar-refractivity contribution in [2.75, 3.05) is 0 Å². The maximum atomic E-state index is 10.9. The number of carboxylic acid groups (broad SMARTS) is 1. The average molecular weight is 195 g/mol. The number of nitrogens with zero attached hydrogens (tertiary/aromatic N) is 1. The van der Waals surface area contributed by atoms with Crippen LogP contribution < -0.4 is 0 Å². The molecule has 0 aromatic carbocycles. The summed E-state index contributed by atoms with van der Waals surface area (Å²) in [5.41, 5.74) is -1.61. The molecule has 1 N–H and O–H groups in total. The topological polar surface area (TPSA) is 58.7 Å². The summed E-state index contributed by atoms with van der Waals surface area (Å²) in [4.78, 5) is 24.8. The second kappa shape index (κ2) is 5.18. The molecule has 0 saturated carbocycles. The molecule has 0 rings (SSSR count). The number of rotatable bonds is 5. The van der Waals surface area contributed by atoms with Gasteiger partial charge in [0.15, 0.2) is 0 Å². The lowest BCUT2D eigenvalue weighted by Crippen LogP contribution is -2.36. The molecule has 14 heavy (non-hydrogen) atoms. The van der Waals surface area contributed by atoms with E-state index in [1.165, 1.54) is 6.92 Å². The lowest BCUT2D eigenvalue weighted by Gasteiger charge is -2.13. The second-order valence-corrected chi connectivity index (χ2v) is 3.10. The summed E-state index contributed by atoms with van der Waals surface area (Å²) >= 11 is 0. The van der Waals surface area contributed by atoms with Crippen molar-refractivity contribution in [3.05, 3.63) is 23.6 Å². The summed E-state index contributed by atoms with van der Waals surface area (Å²) < 4.78 is 0. The first-order valence-electron chi connectivity index (χ1n) is 4.21. The SMILES string of the molecule is [C-]#[N+][C@](CC=CC)(CC(C)=O)C(=O)O. The van der Waals surface area contributed by atoms with E-state index in [0.717, 1.165) is 0 Å². The molecule has 4 nitrogen and oxygen atoms in total. The van der Waals surface area contributed by atoms with Crippen LogP contribution in [-0.2, 0) is 9.59 Å². The van der Waals surface area contributed by atoms with E-state index < -0.39 is 11.5 Å². The van der Waals surface area contributed by atoms with Crippen molar-refractivity contribution < 1.29 is 14.7 Å². The van der Waals surface area contributed by atoms with E-state index in [1.807, 2.05) is 0 Å². The van der Waals surface area contributed by atoms with Gasteiger partial charge in [0.2, 0.25) is 0 Å². The van der Waals surface area contributed by atoms with Crippen molar-refractivity contribution in [1.29, 1.82) is 0 Å². The highest BCUT2D eigenvalue weighted by Crippen LogP contribution is 2.22. The van der Waals surface area contributed by atoms with Crippen molar-refractivity contribution in [2.24, 2.45) is 0 Å². The molecule has 4 heteroatoms. The summed E-state index contributed by atoms with van der Waals surface area (Å²) in [5.74, 6) is -1.52. The number of Topliss-reactive ketones (excluding diaryl/α,β-unsaturated/α-hetero) is 1. The van der Waals surface area contributed by atoms with Crippen LogP contribution in [0.1, 0.15) is 26.7 Å². The van der Waals surface area contributed by atoms with Crippen LogP contribution in [0, 0.1) is 6.57 Å². The molecule has 0 radical (unpaired) electrons. The summed E-state index contributed by atoms with van der Waals surface area (Å²) in [6.07, 6.45) is 3.09. The van der Waals surface area contributed by atoms with Crippen LogP contribution in [0.5, 0.6) is 0 Å². The summed E-state index contributed by atoms with van der Waals surface area (Å²) in [6, 6.07) is 0. The van der Waals surface area contributed by atoms with Gasteiger partial charge >= 0.3 is 11.5 Å². The minimum Gasteiger partial charge on any atom is -0.475 e. The molecule has 1 atom stereocenters. The predicted molar refractivity (Wildman–Crippen MR) is 51.7 cm³/mol. The third-order valence-electron chi connectivity index (χ3n) is 1.84. The van der Waals surface area contributed by atoms with Gasteiger partial charge in [0.25, 0.3) is 0 Å². The largest absolute Gasteiger partial charge is 0.475 e. The van der Waals surface area contributed by atoms with E-state index in [-0.39, 0.29) is 18.6 Å². The van der Waals surface area contributed by atoms with Crippen molar-refractivity contribution in [3.63, 3.8) is 0 Å². The zero-order chi connectivity index (χ0) is 11.2. The van der Waals surface area contributed by atoms with E-state index in [1.54, 1.807) is 19.1 Å². The first-order chi connectivity index (χ1) is 6.48. The molecule has 0 amide bonds. The number of allylic oxidation sites excluding steroid dienone is 1. The Morgan fingerprint density at radius 2 is 2.14 bits per heavy atom. The van der Waals surface area contributed by atoms with E-state index in [2.05, 4.69) is 4.85 Å². The van der Waals surface area contributed by atoms with Crippen LogP contribution in [0.2, 0.25) is 0 Å². The lowest BCUT2D eigenvalue weighted by molar-refractivity contribution is -0.143. The molecule has 0 heterocycles. The number of ketones is 1. The Labute approximate surface area is 83.1 Å². The normalized spacial score (nSPS) is 14.6. The smallest absolute Gasteiger partial charge is 0.391 e. The molecular weight excluding hydrogens is 182 g/mol. The molecule has 0 aliphatic rings. The maximum Gasteiger partial charge on any atom is 0.391 e. The van der Waals surface area contributed by atoms with Gasteiger partial charge in [-0.05, 0) is 13.8 Å². The molecular formula is C10H13NO3. The van der Waals surface area contributed by atoms with Gasteiger partial charge in [-0.3, -0.25) is 9.64 Å². The predicted octanol–water partition coefficient (Wildman–Crippen LogP) is 1.67. The van der Waals surface area contributed by atoms with Gasteiger partial charge in [0.05, 0.1) is 12.8 Å². The van der Waals surface area contributed by atoms with Crippen LogP contribution in [0.25, 0.3) is 4.85 Å². The van der Waals surface area contributed by atoms with Crippen LogP contribution in [-0.4, -0.2) is 22.4 Å². The Kier molecular flexibility index (Phi) is 4.57. The zero-order valence-corrected chi connectivity index (χ0v) is 8.28. The minimum absolute atomic E-state index is 0.0713. The molecule has 0 saturated heterocycles. The van der Waals surface area contributed by atoms with Gasteiger partial charge < -0.3 is 5.11 Å². The number of carboxylic acids is 1. The number of hydrogen-bond donors (Lipinski definition) is 1. The third kappa shape index (κ3) is 3.02. The zero-order valence-electron chi connectivity index (χ0n) is 8.28. The van der Waals surface area contributed by atoms with Crippen molar-refractivity contribution >= 4 is 11.8 Å². The van der Waals surface area contributed by atoms with Gasteiger partial charge in [-0.15, -0.1) is 0 Å². The van der Waals surface area contributed by atoms with Gasteiger partial charge in [-0.1, -0.05) is 12.2 Å². The molecule has 0 unspecified atom stereocenters. The number of aliphatic carboxylic acids is 1. The van der Waals surface area contributed by atoms with Gasteiger partial charge in [0, 0.05) is 0 Å². The second-order valence-electron chi connectivity index (χ2n) is 3.10. The van der Waals surface area contributed by atoms with Gasteiger partial charge in [0.1, 0.15) is 5.78 Å². The van der Waals surface area contributed by atoms with Crippen LogP contribution >= 0.6 is 0 Å². The van der Waals surface area contributed by atoms with Gasteiger partial charge in [-0.2, -0.15) is 0 Å². The van der Waals surface area contributed by atoms with Gasteiger partial charge in [-0.25, -0.2) is 11.4 Å². The molecule has 0 bridgehead atoms. The van der Waals surface area contributed by atoms with Crippen molar-refractivity contribution in [1.82, 2.24) is 0 Å². The highest BCUT2D eigenvalue weighted by Gasteiger charge is 2.45. The fourth-order valence-corrected chi connectivity index (χ4v) is 1.09. The first kappa shape index (κ1) is 12.4. The number of carbonyl (C=O) groups is 2. The summed E-state index contributed by atoms with van der Waals surface area (Å²) in [6.45, 7) is 9.90. The fourth-order valence-electron chi connectivity index (χ4n) is 1.09. The third-order valence-corrected chi connectivity index (χ3v) is 1.84. The molecule has 76 valence electrons. The van der Waals surface area contributed by atoms with Crippen LogP contribution in [0.3, 0.4) is 0 Å². The quantitative estimate of drug-likeness (QED) is 0.536. The Bertz CT molecular complexity index is 301. The van der Waals surface area contributed by atoms with Crippen molar-refractivity contribution in [3.8, 4) is 0 Å². The van der Waals surface area contributed by atoms with E-state index in [4.69, 9.17) is 11.7 Å². The molecule has 0 fully saturated rings. The number of hydrogen-bond acceptors (Lipinski definition) is 2. The summed E-state index contributed by atoms with van der Waals surface area (Å²) in [5, 5.41) is 8.90. The summed E-state index contributed by atoms with van der Waals surface area (Å²) in [7, 11) is 0. The van der Waals surface area contributed by atoms with Crippen LogP contribution in [0.4, 0.5) is 0 Å². The van der Waals surface area contributed by atoms with E-state index in [0.29, 0.717) is 0 Å². The Morgan fingerprint density at radius 3 is 2.43 bits per heavy atom. The minimum atomic E-state index is -1.61. The molecule has 0 aromatic rings. The highest BCUT2D eigenvalue weighted by molar-refractivity contribution is 5.89. The average Bonchev–Trinajstić information content (AvgIpc) is 2.11. The molecule has 0 spiro atoms. The van der Waals surface area contributed by atoms with Crippen molar-refractivity contribution in [2.45, 2.75) is 32.2 Å². The lowest BCUT2D eigenvalue weighted by atomic mass is 9.90. The highest BCUT2D eigenvalue weighted by atomic mass is 16.4. The monoisotopic (exact) mass is 195 g/mol. The fraction of sp³-hybridized carbons (Fsp3) is 0.500. The first-order valence-corrected chi connectivity index (χ1v) is 4.21. The molecule has 0 aliphatic heterocycles. The molecule has 0 aliphatic carbocycles.